The van der Waals surface area contributed by atoms with Crippen LogP contribution in [0.2, 0.25) is 0 Å². The van der Waals surface area contributed by atoms with Crippen molar-refractivity contribution in [3.05, 3.63) is 89.2 Å². The Bertz CT molecular complexity index is 1300. The van der Waals surface area contributed by atoms with Gasteiger partial charge >= 0.3 is 5.97 Å². The Morgan fingerprint density at radius 2 is 1.56 bits per heavy atom. The first-order valence-corrected chi connectivity index (χ1v) is 10.0. The highest BCUT2D eigenvalue weighted by atomic mass is 16.5. The van der Waals surface area contributed by atoms with Crippen molar-refractivity contribution in [2.24, 2.45) is 0 Å². The van der Waals surface area contributed by atoms with Gasteiger partial charge in [-0.05, 0) is 35.4 Å². The molecule has 0 aliphatic heterocycles. The van der Waals surface area contributed by atoms with Gasteiger partial charge in [-0.3, -0.25) is 14.4 Å². The van der Waals surface area contributed by atoms with Crippen molar-refractivity contribution in [2.45, 2.75) is 13.0 Å². The van der Waals surface area contributed by atoms with E-state index in [0.29, 0.717) is 16.6 Å². The molecular formula is C24H20N4O4. The normalized spacial score (nSPS) is 10.6. The van der Waals surface area contributed by atoms with E-state index >= 15 is 0 Å². The maximum Gasteiger partial charge on any atom is 0.308 e. The van der Waals surface area contributed by atoms with Gasteiger partial charge in [0.25, 0.3) is 11.5 Å². The molecule has 0 saturated carbocycles. The van der Waals surface area contributed by atoms with Crippen molar-refractivity contribution >= 4 is 28.5 Å². The van der Waals surface area contributed by atoms with Crippen LogP contribution in [0.5, 0.6) is 0 Å². The zero-order valence-electron chi connectivity index (χ0n) is 17.1. The van der Waals surface area contributed by atoms with E-state index in [1.807, 2.05) is 42.5 Å². The molecule has 1 N–H and O–H groups in total. The third kappa shape index (κ3) is 5.04. The van der Waals surface area contributed by atoms with E-state index in [1.54, 1.807) is 36.4 Å². The Morgan fingerprint density at radius 3 is 2.34 bits per heavy atom. The summed E-state index contributed by atoms with van der Waals surface area (Å²) < 4.78 is 6.11. The number of nitrogens with zero attached hydrogens (tertiary/aromatic N) is 3. The molecule has 0 bridgehead atoms. The summed E-state index contributed by atoms with van der Waals surface area (Å²) in [6.45, 7) is -0.407. The van der Waals surface area contributed by atoms with Gasteiger partial charge in [0.05, 0.1) is 18.4 Å². The first-order chi connectivity index (χ1) is 15.6. The summed E-state index contributed by atoms with van der Waals surface area (Å²) in [6, 6.07) is 24.1. The number of fused-ring (bicyclic) bond motifs is 1. The van der Waals surface area contributed by atoms with Gasteiger partial charge in [-0.15, -0.1) is 5.10 Å². The van der Waals surface area contributed by atoms with E-state index in [9.17, 15) is 14.4 Å². The molecule has 1 heterocycles. The number of carbonyl (C=O) groups is 2. The molecular weight excluding hydrogens is 408 g/mol. The van der Waals surface area contributed by atoms with Gasteiger partial charge < -0.3 is 10.1 Å². The van der Waals surface area contributed by atoms with Crippen LogP contribution in [0.25, 0.3) is 22.0 Å². The number of hydrogen-bond acceptors (Lipinski definition) is 6. The summed E-state index contributed by atoms with van der Waals surface area (Å²) in [4.78, 5) is 36.4. The third-order valence-corrected chi connectivity index (χ3v) is 4.80. The molecule has 32 heavy (non-hydrogen) atoms. The Labute approximate surface area is 183 Å². The number of carbonyl (C=O) groups excluding carboxylic acids is 2. The standard InChI is InChI=1S/C24H20N4O4/c29-22(25-19-12-10-18(11-13-19)17-6-2-1-3-7-17)16-32-23(30)14-15-28-24(31)20-8-4-5-9-21(20)26-27-28/h1-13H,14-16H2,(H,25,29). The lowest BCUT2D eigenvalue weighted by molar-refractivity contribution is -0.147. The highest BCUT2D eigenvalue weighted by molar-refractivity contribution is 5.93. The van der Waals surface area contributed by atoms with E-state index in [-0.39, 0.29) is 18.5 Å². The van der Waals surface area contributed by atoms with E-state index < -0.39 is 18.5 Å². The van der Waals surface area contributed by atoms with Gasteiger partial charge in [0.15, 0.2) is 6.61 Å². The van der Waals surface area contributed by atoms with Crippen LogP contribution in [-0.2, 0) is 20.9 Å². The molecule has 8 heteroatoms. The van der Waals surface area contributed by atoms with E-state index in [0.717, 1.165) is 15.8 Å². The lowest BCUT2D eigenvalue weighted by atomic mass is 10.1. The number of hydrogen-bond donors (Lipinski definition) is 1. The zero-order chi connectivity index (χ0) is 22.3. The first kappa shape index (κ1) is 20.9. The van der Waals surface area contributed by atoms with Crippen molar-refractivity contribution < 1.29 is 14.3 Å². The Kier molecular flexibility index (Phi) is 6.31. The van der Waals surface area contributed by atoms with Crippen molar-refractivity contribution in [2.75, 3.05) is 11.9 Å². The fourth-order valence-electron chi connectivity index (χ4n) is 3.16. The summed E-state index contributed by atoms with van der Waals surface area (Å²) in [5.41, 5.74) is 2.87. The van der Waals surface area contributed by atoms with Gasteiger partial charge in [0, 0.05) is 5.69 Å². The molecule has 0 radical (unpaired) electrons. The van der Waals surface area contributed by atoms with Crippen molar-refractivity contribution in [1.82, 2.24) is 15.0 Å². The van der Waals surface area contributed by atoms with Crippen LogP contribution in [0.15, 0.2) is 83.7 Å². The highest BCUT2D eigenvalue weighted by Gasteiger charge is 2.11. The molecule has 0 aliphatic rings. The maximum absolute atomic E-state index is 12.4. The summed E-state index contributed by atoms with van der Waals surface area (Å²) in [5.74, 6) is -1.06. The van der Waals surface area contributed by atoms with Crippen LogP contribution in [0.1, 0.15) is 6.42 Å². The molecule has 1 aromatic heterocycles. The van der Waals surface area contributed by atoms with E-state index in [4.69, 9.17) is 4.74 Å². The lowest BCUT2D eigenvalue weighted by Crippen LogP contribution is -2.26. The van der Waals surface area contributed by atoms with E-state index in [2.05, 4.69) is 15.6 Å². The maximum atomic E-state index is 12.4. The molecule has 160 valence electrons. The number of ether oxygens (including phenoxy) is 1. The van der Waals surface area contributed by atoms with Crippen molar-refractivity contribution in [3.63, 3.8) is 0 Å². The number of benzene rings is 3. The van der Waals surface area contributed by atoms with Crippen LogP contribution in [0.3, 0.4) is 0 Å². The number of nitrogens with one attached hydrogen (secondary N) is 1. The van der Waals surface area contributed by atoms with Gasteiger partial charge in [-0.25, -0.2) is 4.68 Å². The summed E-state index contributed by atoms with van der Waals surface area (Å²) in [7, 11) is 0. The largest absolute Gasteiger partial charge is 0.456 e. The molecule has 8 nitrogen and oxygen atoms in total. The quantitative estimate of drug-likeness (QED) is 0.454. The predicted octanol–water partition coefficient (Wildman–Crippen LogP) is 3.03. The van der Waals surface area contributed by atoms with Crippen molar-refractivity contribution in [1.29, 1.82) is 0 Å². The minimum absolute atomic E-state index is 0.0120. The fraction of sp³-hybridized carbons (Fsp3) is 0.125. The Morgan fingerprint density at radius 1 is 0.875 bits per heavy atom. The minimum atomic E-state index is -0.610. The number of anilines is 1. The molecule has 0 fully saturated rings. The molecule has 0 unspecified atom stereocenters. The smallest absolute Gasteiger partial charge is 0.308 e. The SMILES string of the molecule is O=C(COC(=O)CCn1nnc2ccccc2c1=O)Nc1ccc(-c2ccccc2)cc1. The zero-order valence-corrected chi connectivity index (χ0v) is 17.1. The fourth-order valence-corrected chi connectivity index (χ4v) is 3.16. The average molecular weight is 428 g/mol. The second-order valence-corrected chi connectivity index (χ2v) is 7.04. The van der Waals surface area contributed by atoms with Gasteiger partial charge in [-0.1, -0.05) is 59.8 Å². The summed E-state index contributed by atoms with van der Waals surface area (Å²) >= 11 is 0. The van der Waals surface area contributed by atoms with Crippen LogP contribution in [0, 0.1) is 0 Å². The van der Waals surface area contributed by atoms with Crippen molar-refractivity contribution in [3.8, 4) is 11.1 Å². The first-order valence-electron chi connectivity index (χ1n) is 10.0. The predicted molar refractivity (Wildman–Crippen MR) is 120 cm³/mol. The van der Waals surface area contributed by atoms with Crippen LogP contribution >= 0.6 is 0 Å². The summed E-state index contributed by atoms with van der Waals surface area (Å²) in [6.07, 6.45) is -0.105. The molecule has 0 saturated heterocycles. The Hall–Kier alpha value is -4.33. The molecule has 4 rings (SSSR count). The Balaban J connectivity index is 1.26. The van der Waals surface area contributed by atoms with Crippen LogP contribution in [-0.4, -0.2) is 33.5 Å². The van der Waals surface area contributed by atoms with E-state index in [1.165, 1.54) is 0 Å². The topological polar surface area (TPSA) is 103 Å². The molecule has 0 aliphatic carbocycles. The average Bonchev–Trinajstić information content (AvgIpc) is 2.83. The van der Waals surface area contributed by atoms with Crippen LogP contribution in [0.4, 0.5) is 5.69 Å². The van der Waals surface area contributed by atoms with Gasteiger partial charge in [-0.2, -0.15) is 0 Å². The molecule has 0 atom stereocenters. The monoisotopic (exact) mass is 428 g/mol. The summed E-state index contributed by atoms with van der Waals surface area (Å²) in [5, 5.41) is 10.9. The highest BCUT2D eigenvalue weighted by Crippen LogP contribution is 2.20. The third-order valence-electron chi connectivity index (χ3n) is 4.80. The second kappa shape index (κ2) is 9.65. The molecule has 1 amide bonds. The number of rotatable bonds is 7. The lowest BCUT2D eigenvalue weighted by Gasteiger charge is -2.08. The van der Waals surface area contributed by atoms with Gasteiger partial charge in [0.2, 0.25) is 0 Å². The van der Waals surface area contributed by atoms with Gasteiger partial charge in [0.1, 0.15) is 5.52 Å². The second-order valence-electron chi connectivity index (χ2n) is 7.04. The molecule has 3 aromatic carbocycles. The number of amides is 1. The number of aryl methyl sites for hydroxylation is 1. The number of aromatic nitrogens is 3. The number of esters is 1. The van der Waals surface area contributed by atoms with Crippen LogP contribution < -0.4 is 10.9 Å². The minimum Gasteiger partial charge on any atom is -0.456 e. The molecule has 4 aromatic rings. The molecule has 0 spiro atoms.